The highest BCUT2D eigenvalue weighted by atomic mass is 35.5. The summed E-state index contributed by atoms with van der Waals surface area (Å²) in [7, 11) is 1.67. The summed E-state index contributed by atoms with van der Waals surface area (Å²) in [4.78, 5) is 0. The minimum atomic E-state index is 0.141. The van der Waals surface area contributed by atoms with Gasteiger partial charge in [-0.15, -0.1) is 5.10 Å². The molecule has 0 aliphatic heterocycles. The van der Waals surface area contributed by atoms with E-state index in [0.717, 1.165) is 12.0 Å². The predicted octanol–water partition coefficient (Wildman–Crippen LogP) is 2.17. The molecule has 2 rings (SSSR count). The van der Waals surface area contributed by atoms with E-state index in [9.17, 15) is 0 Å². The van der Waals surface area contributed by atoms with E-state index in [1.807, 2.05) is 13.0 Å². The van der Waals surface area contributed by atoms with Gasteiger partial charge in [0.05, 0.1) is 16.8 Å². The molecule has 0 aliphatic carbocycles. The van der Waals surface area contributed by atoms with Crippen LogP contribution in [-0.4, -0.2) is 33.9 Å². The summed E-state index contributed by atoms with van der Waals surface area (Å²) in [5.41, 5.74) is 7.16. The number of nitrogens with zero attached hydrogens (tertiary/aromatic N) is 4. The molecule has 1 aromatic heterocycles. The zero-order valence-electron chi connectivity index (χ0n) is 10.9. The Morgan fingerprint density at radius 1 is 1.47 bits per heavy atom. The van der Waals surface area contributed by atoms with Crippen molar-refractivity contribution in [3.8, 4) is 11.4 Å². The molecule has 1 aromatic carbocycles. The first kappa shape index (κ1) is 13.8. The van der Waals surface area contributed by atoms with Crippen LogP contribution in [0.4, 0.5) is 5.69 Å². The fourth-order valence-electron chi connectivity index (χ4n) is 1.77. The molecule has 0 fully saturated rings. The quantitative estimate of drug-likeness (QED) is 0.850. The highest BCUT2D eigenvalue weighted by Gasteiger charge is 2.15. The molecule has 1 unspecified atom stereocenters. The summed E-state index contributed by atoms with van der Waals surface area (Å²) >= 11 is 5.91. The topological polar surface area (TPSA) is 78.8 Å². The number of rotatable bonds is 5. The van der Waals surface area contributed by atoms with E-state index in [0.29, 0.717) is 23.1 Å². The molecule has 2 N–H and O–H groups in total. The van der Waals surface area contributed by atoms with Crippen LogP contribution in [0.2, 0.25) is 5.02 Å². The van der Waals surface area contributed by atoms with E-state index in [1.165, 1.54) is 0 Å². The van der Waals surface area contributed by atoms with Crippen molar-refractivity contribution >= 4 is 17.3 Å². The lowest BCUT2D eigenvalue weighted by atomic mass is 10.1. The number of hydrogen-bond acceptors (Lipinski definition) is 5. The molecular formula is C12H16ClN5O. The second-order valence-corrected chi connectivity index (χ2v) is 4.72. The van der Waals surface area contributed by atoms with Gasteiger partial charge in [0.25, 0.3) is 0 Å². The van der Waals surface area contributed by atoms with Crippen LogP contribution in [0.15, 0.2) is 18.2 Å². The number of methoxy groups -OCH3 is 1. The minimum absolute atomic E-state index is 0.141. The molecule has 2 aromatic rings. The number of aromatic nitrogens is 4. The van der Waals surface area contributed by atoms with Crippen molar-refractivity contribution in [2.24, 2.45) is 0 Å². The SMILES string of the molecule is COCCC(C)n1nnnc1-c1ccc(Cl)c(N)c1. The Balaban J connectivity index is 2.30. The minimum Gasteiger partial charge on any atom is -0.398 e. The fraction of sp³-hybridized carbons (Fsp3) is 0.417. The normalized spacial score (nSPS) is 12.6. The van der Waals surface area contributed by atoms with E-state index in [1.54, 1.807) is 23.9 Å². The molecule has 1 heterocycles. The van der Waals surface area contributed by atoms with Crippen molar-refractivity contribution in [2.45, 2.75) is 19.4 Å². The molecule has 19 heavy (non-hydrogen) atoms. The van der Waals surface area contributed by atoms with Gasteiger partial charge in [0.2, 0.25) is 0 Å². The number of anilines is 1. The van der Waals surface area contributed by atoms with Crippen molar-refractivity contribution < 1.29 is 4.74 Å². The van der Waals surface area contributed by atoms with Gasteiger partial charge in [0.15, 0.2) is 5.82 Å². The predicted molar refractivity (Wildman–Crippen MR) is 73.9 cm³/mol. The molecule has 0 amide bonds. The second-order valence-electron chi connectivity index (χ2n) is 4.31. The third-order valence-electron chi connectivity index (χ3n) is 2.90. The van der Waals surface area contributed by atoms with Crippen molar-refractivity contribution in [2.75, 3.05) is 19.5 Å². The maximum Gasteiger partial charge on any atom is 0.182 e. The lowest BCUT2D eigenvalue weighted by Crippen LogP contribution is -2.11. The lowest BCUT2D eigenvalue weighted by Gasteiger charge is -2.13. The van der Waals surface area contributed by atoms with Crippen LogP contribution < -0.4 is 5.73 Å². The van der Waals surface area contributed by atoms with Crippen molar-refractivity contribution in [3.05, 3.63) is 23.2 Å². The summed E-state index contributed by atoms with van der Waals surface area (Å²) < 4.78 is 6.84. The van der Waals surface area contributed by atoms with Crippen molar-refractivity contribution in [3.63, 3.8) is 0 Å². The largest absolute Gasteiger partial charge is 0.398 e. The average molecular weight is 282 g/mol. The van der Waals surface area contributed by atoms with Crippen molar-refractivity contribution in [1.29, 1.82) is 0 Å². The molecule has 0 saturated carbocycles. The van der Waals surface area contributed by atoms with E-state index in [4.69, 9.17) is 22.1 Å². The van der Waals surface area contributed by atoms with Gasteiger partial charge in [0, 0.05) is 19.3 Å². The molecule has 0 saturated heterocycles. The number of nitrogens with two attached hydrogens (primary N) is 1. The first-order valence-corrected chi connectivity index (χ1v) is 6.33. The van der Waals surface area contributed by atoms with Gasteiger partial charge >= 0.3 is 0 Å². The van der Waals surface area contributed by atoms with Gasteiger partial charge in [-0.1, -0.05) is 11.6 Å². The van der Waals surface area contributed by atoms with Crippen LogP contribution >= 0.6 is 11.6 Å². The van der Waals surface area contributed by atoms with Gasteiger partial charge in [-0.25, -0.2) is 4.68 Å². The molecule has 0 bridgehead atoms. The Morgan fingerprint density at radius 2 is 2.26 bits per heavy atom. The van der Waals surface area contributed by atoms with Crippen LogP contribution in [0, 0.1) is 0 Å². The monoisotopic (exact) mass is 281 g/mol. The highest BCUT2D eigenvalue weighted by Crippen LogP contribution is 2.26. The van der Waals surface area contributed by atoms with Crippen molar-refractivity contribution in [1.82, 2.24) is 20.2 Å². The Labute approximate surface area is 116 Å². The maximum absolute atomic E-state index is 5.91. The van der Waals surface area contributed by atoms with Gasteiger partial charge in [-0.3, -0.25) is 0 Å². The Morgan fingerprint density at radius 3 is 2.95 bits per heavy atom. The Bertz CT molecular complexity index is 557. The molecule has 7 heteroatoms. The standard InChI is InChI=1S/C12H16ClN5O/c1-8(5-6-19-2)18-12(15-16-17-18)9-3-4-10(13)11(14)7-9/h3-4,7-8H,5-6,14H2,1-2H3. The molecule has 6 nitrogen and oxygen atoms in total. The molecule has 102 valence electrons. The molecule has 0 aliphatic rings. The van der Waals surface area contributed by atoms with Crippen LogP contribution in [0.25, 0.3) is 11.4 Å². The number of hydrogen-bond donors (Lipinski definition) is 1. The number of ether oxygens (including phenoxy) is 1. The second kappa shape index (κ2) is 5.99. The number of tetrazole rings is 1. The maximum atomic E-state index is 5.91. The van der Waals surface area contributed by atoms with Gasteiger partial charge in [0.1, 0.15) is 0 Å². The van der Waals surface area contributed by atoms with Crippen LogP contribution in [0.3, 0.4) is 0 Å². The third kappa shape index (κ3) is 3.02. The van der Waals surface area contributed by atoms with Gasteiger partial charge < -0.3 is 10.5 Å². The summed E-state index contributed by atoms with van der Waals surface area (Å²) in [6.07, 6.45) is 0.831. The molecular weight excluding hydrogens is 266 g/mol. The molecule has 0 spiro atoms. The third-order valence-corrected chi connectivity index (χ3v) is 3.25. The first-order chi connectivity index (χ1) is 9.13. The zero-order valence-corrected chi connectivity index (χ0v) is 11.6. The van der Waals surface area contributed by atoms with E-state index in [-0.39, 0.29) is 6.04 Å². The van der Waals surface area contributed by atoms with Gasteiger partial charge in [-0.2, -0.15) is 0 Å². The van der Waals surface area contributed by atoms with Crippen LogP contribution in [0.5, 0.6) is 0 Å². The molecule has 1 atom stereocenters. The smallest absolute Gasteiger partial charge is 0.182 e. The summed E-state index contributed by atoms with van der Waals surface area (Å²) in [6, 6.07) is 5.50. The number of nitrogen functional groups attached to an aromatic ring is 1. The average Bonchev–Trinajstić information content (AvgIpc) is 2.88. The first-order valence-electron chi connectivity index (χ1n) is 5.95. The number of halogens is 1. The Kier molecular flexibility index (Phi) is 4.34. The number of benzene rings is 1. The van der Waals surface area contributed by atoms with Gasteiger partial charge in [-0.05, 0) is 42.0 Å². The fourth-order valence-corrected chi connectivity index (χ4v) is 1.89. The van der Waals surface area contributed by atoms with E-state index in [2.05, 4.69) is 15.5 Å². The van der Waals surface area contributed by atoms with E-state index < -0.39 is 0 Å². The van der Waals surface area contributed by atoms with E-state index >= 15 is 0 Å². The zero-order chi connectivity index (χ0) is 13.8. The summed E-state index contributed by atoms with van der Waals surface area (Å²) in [5.74, 6) is 0.673. The lowest BCUT2D eigenvalue weighted by molar-refractivity contribution is 0.178. The summed E-state index contributed by atoms with van der Waals surface area (Å²) in [6.45, 7) is 2.70. The van der Waals surface area contributed by atoms with Crippen LogP contribution in [0.1, 0.15) is 19.4 Å². The highest BCUT2D eigenvalue weighted by molar-refractivity contribution is 6.33. The van der Waals surface area contributed by atoms with Crippen LogP contribution in [-0.2, 0) is 4.74 Å². The summed E-state index contributed by atoms with van der Waals surface area (Å²) in [5, 5.41) is 12.3. The molecule has 0 radical (unpaired) electrons. The Hall–Kier alpha value is -1.66.